The van der Waals surface area contributed by atoms with Gasteiger partial charge in [-0.05, 0) is 12.1 Å². The molecule has 124 valence electrons. The number of nitrogens with one attached hydrogen (secondary N) is 1. The summed E-state index contributed by atoms with van der Waals surface area (Å²) in [5, 5.41) is -0.279. The topological polar surface area (TPSA) is 99.5 Å². The number of hydrogen-bond acceptors (Lipinski definition) is 6. The van der Waals surface area contributed by atoms with Crippen LogP contribution in [0.25, 0.3) is 0 Å². The summed E-state index contributed by atoms with van der Waals surface area (Å²) in [5.41, 5.74) is 0.245. The van der Waals surface area contributed by atoms with Crippen LogP contribution in [0.1, 0.15) is 0 Å². The molecule has 8 nitrogen and oxygen atoms in total. The molecular weight excluding hydrogens is 346 g/mol. The number of rotatable bonds is 6. The van der Waals surface area contributed by atoms with Gasteiger partial charge in [0.15, 0.2) is 6.61 Å². The highest BCUT2D eigenvalue weighted by atomic mass is 35.5. The summed E-state index contributed by atoms with van der Waals surface area (Å²) < 4.78 is 37.9. The maximum Gasteiger partial charge on any atom is 0.343 e. The molecule has 1 aromatic heterocycles. The SMILES string of the molecule is COC(=O)COc1cccc(NS(=O)(=O)c2ncn(C)c2Cl)c1. The van der Waals surface area contributed by atoms with Gasteiger partial charge in [0.25, 0.3) is 10.0 Å². The number of imidazole rings is 1. The Morgan fingerprint density at radius 1 is 1.43 bits per heavy atom. The number of carbonyl (C=O) groups excluding carboxylic acids is 1. The van der Waals surface area contributed by atoms with Gasteiger partial charge in [-0.15, -0.1) is 0 Å². The first-order chi connectivity index (χ1) is 10.8. The van der Waals surface area contributed by atoms with Crippen molar-refractivity contribution in [2.75, 3.05) is 18.4 Å². The number of benzene rings is 1. The molecule has 0 radical (unpaired) electrons. The summed E-state index contributed by atoms with van der Waals surface area (Å²) in [6, 6.07) is 6.11. The maximum atomic E-state index is 12.3. The van der Waals surface area contributed by atoms with Gasteiger partial charge in [0.1, 0.15) is 10.9 Å². The first-order valence-corrected chi connectivity index (χ1v) is 8.19. The predicted octanol–water partition coefficient (Wildman–Crippen LogP) is 1.43. The van der Waals surface area contributed by atoms with Gasteiger partial charge in [-0.25, -0.2) is 9.78 Å². The highest BCUT2D eigenvalue weighted by Crippen LogP contribution is 2.23. The fourth-order valence-corrected chi connectivity index (χ4v) is 3.11. The number of methoxy groups -OCH3 is 1. The number of ether oxygens (including phenoxy) is 2. The molecule has 2 rings (SSSR count). The van der Waals surface area contributed by atoms with E-state index in [0.29, 0.717) is 5.75 Å². The average molecular weight is 360 g/mol. The largest absolute Gasteiger partial charge is 0.482 e. The molecule has 0 aliphatic heterocycles. The number of halogens is 1. The van der Waals surface area contributed by atoms with Gasteiger partial charge in [0.05, 0.1) is 19.1 Å². The van der Waals surface area contributed by atoms with Crippen molar-refractivity contribution in [3.8, 4) is 5.75 Å². The minimum atomic E-state index is -3.94. The van der Waals surface area contributed by atoms with E-state index in [1.807, 2.05) is 0 Å². The van der Waals surface area contributed by atoms with Crippen LogP contribution >= 0.6 is 11.6 Å². The van der Waals surface area contributed by atoms with Crippen molar-refractivity contribution in [2.45, 2.75) is 5.03 Å². The Labute approximate surface area is 138 Å². The lowest BCUT2D eigenvalue weighted by Crippen LogP contribution is -2.15. The van der Waals surface area contributed by atoms with E-state index in [4.69, 9.17) is 16.3 Å². The number of hydrogen-bond donors (Lipinski definition) is 1. The minimum Gasteiger partial charge on any atom is -0.482 e. The van der Waals surface area contributed by atoms with Crippen LogP contribution in [-0.2, 0) is 26.6 Å². The third kappa shape index (κ3) is 4.14. The third-order valence-electron chi connectivity index (χ3n) is 2.76. The molecule has 1 aromatic carbocycles. The molecule has 2 aromatic rings. The number of anilines is 1. The Kier molecular flexibility index (Phi) is 5.12. The molecule has 1 N–H and O–H groups in total. The van der Waals surface area contributed by atoms with Crippen LogP contribution in [0.15, 0.2) is 35.6 Å². The van der Waals surface area contributed by atoms with E-state index in [1.165, 1.54) is 30.1 Å². The second-order valence-electron chi connectivity index (χ2n) is 4.45. The number of aryl methyl sites for hydroxylation is 1. The average Bonchev–Trinajstić information content (AvgIpc) is 2.85. The fourth-order valence-electron chi connectivity index (χ4n) is 1.63. The van der Waals surface area contributed by atoms with Crippen LogP contribution in [0.4, 0.5) is 5.69 Å². The molecule has 0 spiro atoms. The lowest BCUT2D eigenvalue weighted by molar-refractivity contribution is -0.142. The Morgan fingerprint density at radius 3 is 2.78 bits per heavy atom. The van der Waals surface area contributed by atoms with Gasteiger partial charge in [0.2, 0.25) is 5.03 Å². The minimum absolute atomic E-state index is 0.00408. The van der Waals surface area contributed by atoms with Crippen LogP contribution in [-0.4, -0.2) is 37.7 Å². The lowest BCUT2D eigenvalue weighted by Gasteiger charge is -2.09. The molecule has 0 saturated carbocycles. The summed E-state index contributed by atoms with van der Waals surface area (Å²) in [6.45, 7) is -0.279. The molecule has 0 amide bonds. The maximum absolute atomic E-state index is 12.3. The number of aromatic nitrogens is 2. The zero-order valence-corrected chi connectivity index (χ0v) is 13.9. The van der Waals surface area contributed by atoms with Crippen LogP contribution in [0.2, 0.25) is 5.15 Å². The summed E-state index contributed by atoms with van der Waals surface area (Å²) >= 11 is 5.90. The van der Waals surface area contributed by atoms with Crippen molar-refractivity contribution in [1.82, 2.24) is 9.55 Å². The van der Waals surface area contributed by atoms with Gasteiger partial charge in [-0.2, -0.15) is 8.42 Å². The van der Waals surface area contributed by atoms with E-state index >= 15 is 0 Å². The van der Waals surface area contributed by atoms with Crippen LogP contribution in [0, 0.1) is 0 Å². The predicted molar refractivity (Wildman–Crippen MR) is 83.0 cm³/mol. The summed E-state index contributed by atoms with van der Waals surface area (Å²) in [7, 11) is -1.12. The van der Waals surface area contributed by atoms with E-state index in [9.17, 15) is 13.2 Å². The number of esters is 1. The summed E-state index contributed by atoms with van der Waals surface area (Å²) in [5.74, 6) is -0.237. The quantitative estimate of drug-likeness (QED) is 0.783. The van der Waals surface area contributed by atoms with Crippen molar-refractivity contribution in [1.29, 1.82) is 0 Å². The monoisotopic (exact) mass is 359 g/mol. The normalized spacial score (nSPS) is 11.1. The third-order valence-corrected chi connectivity index (χ3v) is 4.63. The van der Waals surface area contributed by atoms with Gasteiger partial charge in [-0.3, -0.25) is 4.72 Å². The fraction of sp³-hybridized carbons (Fsp3) is 0.231. The van der Waals surface area contributed by atoms with Gasteiger partial charge in [-0.1, -0.05) is 17.7 Å². The van der Waals surface area contributed by atoms with E-state index in [1.54, 1.807) is 19.2 Å². The Balaban J connectivity index is 2.16. The second kappa shape index (κ2) is 6.88. The van der Waals surface area contributed by atoms with Gasteiger partial charge in [0, 0.05) is 13.1 Å². The lowest BCUT2D eigenvalue weighted by atomic mass is 10.3. The van der Waals surface area contributed by atoms with E-state index in [-0.39, 0.29) is 22.5 Å². The van der Waals surface area contributed by atoms with Crippen molar-refractivity contribution >= 4 is 33.3 Å². The van der Waals surface area contributed by atoms with E-state index in [2.05, 4.69) is 14.4 Å². The van der Waals surface area contributed by atoms with Crippen LogP contribution in [0.3, 0.4) is 0 Å². The van der Waals surface area contributed by atoms with Crippen molar-refractivity contribution in [3.05, 3.63) is 35.7 Å². The zero-order chi connectivity index (χ0) is 17.0. The molecule has 23 heavy (non-hydrogen) atoms. The van der Waals surface area contributed by atoms with E-state index < -0.39 is 16.0 Å². The number of carbonyl (C=O) groups is 1. The van der Waals surface area contributed by atoms with Crippen molar-refractivity contribution in [2.24, 2.45) is 7.05 Å². The van der Waals surface area contributed by atoms with Crippen LogP contribution < -0.4 is 9.46 Å². The smallest absolute Gasteiger partial charge is 0.343 e. The van der Waals surface area contributed by atoms with Crippen molar-refractivity contribution < 1.29 is 22.7 Å². The summed E-state index contributed by atoms with van der Waals surface area (Å²) in [4.78, 5) is 14.8. The molecule has 0 atom stereocenters. The molecule has 10 heteroatoms. The highest BCUT2D eigenvalue weighted by molar-refractivity contribution is 7.92. The molecule has 0 saturated heterocycles. The molecule has 0 fully saturated rings. The molecule has 0 bridgehead atoms. The number of nitrogens with zero attached hydrogens (tertiary/aromatic N) is 2. The Bertz CT molecular complexity index is 819. The Morgan fingerprint density at radius 2 is 2.17 bits per heavy atom. The Hall–Kier alpha value is -2.26. The van der Waals surface area contributed by atoms with Gasteiger partial charge >= 0.3 is 5.97 Å². The van der Waals surface area contributed by atoms with Gasteiger partial charge < -0.3 is 14.0 Å². The molecule has 1 heterocycles. The van der Waals surface area contributed by atoms with Crippen LogP contribution in [0.5, 0.6) is 5.75 Å². The van der Waals surface area contributed by atoms with E-state index in [0.717, 1.165) is 0 Å². The molecular formula is C13H14ClN3O5S. The molecule has 0 aliphatic carbocycles. The number of sulfonamides is 1. The zero-order valence-electron chi connectivity index (χ0n) is 12.3. The highest BCUT2D eigenvalue weighted by Gasteiger charge is 2.22. The van der Waals surface area contributed by atoms with Crippen molar-refractivity contribution in [3.63, 3.8) is 0 Å². The first kappa shape index (κ1) is 17.1. The molecule has 0 unspecified atom stereocenters. The summed E-state index contributed by atoms with van der Waals surface area (Å²) in [6.07, 6.45) is 1.30. The second-order valence-corrected chi connectivity index (χ2v) is 6.41. The first-order valence-electron chi connectivity index (χ1n) is 6.33. The standard InChI is InChI=1S/C13H14ClN3O5S/c1-17-8-15-13(12(17)14)23(19,20)16-9-4-3-5-10(6-9)22-7-11(18)21-2/h3-6,8,16H,7H2,1-2H3. The molecule has 0 aliphatic rings.